The minimum Gasteiger partial charge on any atom is -0.496 e. The number of methoxy groups -OCH3 is 1. The van der Waals surface area contributed by atoms with Gasteiger partial charge in [0.25, 0.3) is 0 Å². The Morgan fingerprint density at radius 2 is 1.84 bits per heavy atom. The van der Waals surface area contributed by atoms with Crippen LogP contribution in [0.4, 0.5) is 0 Å². The molecule has 0 aromatic heterocycles. The number of hydrogen-bond donors (Lipinski definition) is 1. The third-order valence-corrected chi connectivity index (χ3v) is 6.47. The SMILES string of the molecule is [2H]C([2H])([2H])OC(=C1C2CC3CC(C2)CC1C3)c1ccc(Cl)c(OS(=O)(=O)O)c1. The van der Waals surface area contributed by atoms with Crippen molar-refractivity contribution in [2.24, 2.45) is 23.7 Å². The highest BCUT2D eigenvalue weighted by Gasteiger charge is 2.46. The van der Waals surface area contributed by atoms with E-state index in [1.165, 1.54) is 18.6 Å². The van der Waals surface area contributed by atoms with Crippen molar-refractivity contribution in [2.75, 3.05) is 7.04 Å². The van der Waals surface area contributed by atoms with Crippen molar-refractivity contribution < 1.29 is 26.0 Å². The minimum atomic E-state index is -4.77. The van der Waals surface area contributed by atoms with Crippen LogP contribution in [0, 0.1) is 23.7 Å². The zero-order chi connectivity index (χ0) is 20.3. The van der Waals surface area contributed by atoms with Gasteiger partial charge < -0.3 is 8.92 Å². The third kappa shape index (κ3) is 3.27. The molecular formula is C18H21ClO5S. The molecule has 5 nitrogen and oxygen atoms in total. The van der Waals surface area contributed by atoms with E-state index in [0.717, 1.165) is 31.3 Å². The van der Waals surface area contributed by atoms with E-state index in [0.29, 0.717) is 17.4 Å². The van der Waals surface area contributed by atoms with Gasteiger partial charge in [-0.2, -0.15) is 8.42 Å². The summed E-state index contributed by atoms with van der Waals surface area (Å²) in [5.41, 5.74) is 1.38. The van der Waals surface area contributed by atoms with E-state index in [1.807, 2.05) is 0 Å². The number of rotatable bonds is 4. The van der Waals surface area contributed by atoms with Crippen molar-refractivity contribution in [1.29, 1.82) is 0 Å². The lowest BCUT2D eigenvalue weighted by Crippen LogP contribution is -2.40. The maximum atomic E-state index is 11.1. The summed E-state index contributed by atoms with van der Waals surface area (Å²) in [6.07, 6.45) is 5.36. The van der Waals surface area contributed by atoms with Crippen LogP contribution in [0.3, 0.4) is 0 Å². The van der Waals surface area contributed by atoms with E-state index < -0.39 is 17.4 Å². The summed E-state index contributed by atoms with van der Waals surface area (Å²) < 4.78 is 64.0. The van der Waals surface area contributed by atoms with Gasteiger partial charge in [0.1, 0.15) is 5.76 Å². The summed E-state index contributed by atoms with van der Waals surface area (Å²) in [6.45, 7) is 0. The molecule has 1 N–H and O–H groups in total. The summed E-state index contributed by atoms with van der Waals surface area (Å²) in [6, 6.07) is 4.28. The molecule has 0 atom stereocenters. The predicted molar refractivity (Wildman–Crippen MR) is 94.6 cm³/mol. The standard InChI is InChI=1S/C18H21ClO5S/c1-23-18(12-2-3-15(19)16(9-12)24-25(20,21)22)17-13-5-10-4-11(7-13)8-14(17)6-10/h2-3,9-11,13-14H,4-8H2,1H3,(H,20,21,22)/i1D3. The molecule has 0 amide bonds. The summed E-state index contributed by atoms with van der Waals surface area (Å²) >= 11 is 5.98. The van der Waals surface area contributed by atoms with E-state index >= 15 is 0 Å². The van der Waals surface area contributed by atoms with Gasteiger partial charge >= 0.3 is 10.4 Å². The quantitative estimate of drug-likeness (QED) is 0.614. The molecule has 1 aromatic carbocycles. The summed E-state index contributed by atoms with van der Waals surface area (Å²) in [5, 5.41) is -0.0234. The predicted octanol–water partition coefficient (Wildman–Crippen LogP) is 4.34. The van der Waals surface area contributed by atoms with Crippen LogP contribution >= 0.6 is 11.6 Å². The molecule has 4 fully saturated rings. The largest absolute Gasteiger partial charge is 0.496 e. The molecule has 0 radical (unpaired) electrons. The molecule has 0 unspecified atom stereocenters. The number of halogens is 1. The van der Waals surface area contributed by atoms with Crippen LogP contribution in [0.25, 0.3) is 5.76 Å². The summed E-state index contributed by atoms with van der Waals surface area (Å²) in [7, 11) is -7.42. The molecule has 4 saturated carbocycles. The summed E-state index contributed by atoms with van der Waals surface area (Å²) in [4.78, 5) is 0. The maximum Gasteiger partial charge on any atom is 0.446 e. The lowest BCUT2D eigenvalue weighted by Gasteiger charge is -2.51. The molecule has 5 rings (SSSR count). The van der Waals surface area contributed by atoms with Crippen molar-refractivity contribution in [1.82, 2.24) is 0 Å². The van der Waals surface area contributed by atoms with Crippen molar-refractivity contribution in [3.05, 3.63) is 34.4 Å². The second kappa shape index (κ2) is 6.18. The van der Waals surface area contributed by atoms with Crippen LogP contribution in [-0.4, -0.2) is 20.0 Å². The fraction of sp³-hybridized carbons (Fsp3) is 0.556. The van der Waals surface area contributed by atoms with Gasteiger partial charge in [-0.1, -0.05) is 11.6 Å². The Labute approximate surface area is 157 Å². The van der Waals surface area contributed by atoms with Crippen LogP contribution in [0.2, 0.25) is 5.02 Å². The molecule has 4 aliphatic carbocycles. The van der Waals surface area contributed by atoms with Crippen molar-refractivity contribution in [3.8, 4) is 5.75 Å². The van der Waals surface area contributed by atoms with E-state index in [-0.39, 0.29) is 28.4 Å². The Bertz CT molecular complexity index is 896. The Morgan fingerprint density at radius 3 is 2.40 bits per heavy atom. The van der Waals surface area contributed by atoms with Gasteiger partial charge in [-0.05, 0) is 79.5 Å². The molecule has 25 heavy (non-hydrogen) atoms. The molecule has 0 spiro atoms. The number of hydrogen-bond acceptors (Lipinski definition) is 4. The molecule has 4 aliphatic rings. The van der Waals surface area contributed by atoms with E-state index in [4.69, 9.17) is 25.0 Å². The molecule has 7 heteroatoms. The van der Waals surface area contributed by atoms with Gasteiger partial charge in [0.2, 0.25) is 0 Å². The van der Waals surface area contributed by atoms with E-state index in [1.54, 1.807) is 6.07 Å². The Hall–Kier alpha value is -1.24. The molecule has 0 saturated heterocycles. The third-order valence-electron chi connectivity index (χ3n) is 5.77. The zero-order valence-electron chi connectivity index (χ0n) is 16.4. The fourth-order valence-electron chi connectivity index (χ4n) is 5.17. The zero-order valence-corrected chi connectivity index (χ0v) is 15.0. The fourth-order valence-corrected chi connectivity index (χ4v) is 5.74. The first-order valence-electron chi connectivity index (χ1n) is 9.88. The van der Waals surface area contributed by atoms with Crippen molar-refractivity contribution in [2.45, 2.75) is 32.1 Å². The van der Waals surface area contributed by atoms with Crippen LogP contribution < -0.4 is 4.18 Å². The monoisotopic (exact) mass is 387 g/mol. The van der Waals surface area contributed by atoms with E-state index in [2.05, 4.69) is 4.18 Å². The highest BCUT2D eigenvalue weighted by Crippen LogP contribution is 2.58. The van der Waals surface area contributed by atoms with Gasteiger partial charge in [-0.25, -0.2) is 0 Å². The second-order valence-electron chi connectivity index (χ2n) is 7.35. The molecule has 4 bridgehead atoms. The van der Waals surface area contributed by atoms with Crippen LogP contribution in [0.5, 0.6) is 5.75 Å². The highest BCUT2D eigenvalue weighted by atomic mass is 35.5. The average molecular weight is 388 g/mol. The van der Waals surface area contributed by atoms with Crippen molar-refractivity contribution >= 4 is 27.8 Å². The number of ether oxygens (including phenoxy) is 1. The van der Waals surface area contributed by atoms with Gasteiger partial charge in [0.15, 0.2) is 5.75 Å². The normalized spacial score (nSPS) is 32.7. The average Bonchev–Trinajstić information content (AvgIpc) is 2.52. The molecule has 1 aromatic rings. The Morgan fingerprint density at radius 1 is 1.20 bits per heavy atom. The second-order valence-corrected chi connectivity index (χ2v) is 8.78. The van der Waals surface area contributed by atoms with Crippen LogP contribution in [0.15, 0.2) is 23.8 Å². The maximum absolute atomic E-state index is 11.1. The Balaban J connectivity index is 1.81. The molecular weight excluding hydrogens is 364 g/mol. The van der Waals surface area contributed by atoms with Gasteiger partial charge in [0.05, 0.1) is 16.2 Å². The molecule has 0 heterocycles. The first kappa shape index (κ1) is 13.9. The molecule has 0 aliphatic heterocycles. The minimum absolute atomic E-state index is 0.0234. The van der Waals surface area contributed by atoms with E-state index in [9.17, 15) is 8.42 Å². The van der Waals surface area contributed by atoms with Gasteiger partial charge in [-0.15, -0.1) is 0 Å². The number of benzene rings is 1. The van der Waals surface area contributed by atoms with Crippen molar-refractivity contribution in [3.63, 3.8) is 0 Å². The lowest BCUT2D eigenvalue weighted by molar-refractivity contribution is 0.0675. The topological polar surface area (TPSA) is 72.8 Å². The van der Waals surface area contributed by atoms with Gasteiger partial charge in [0, 0.05) is 5.56 Å². The first-order valence-corrected chi connectivity index (χ1v) is 10.1. The number of allylic oxidation sites excluding steroid dienone is 1. The first-order chi connectivity index (χ1) is 13.0. The summed E-state index contributed by atoms with van der Waals surface area (Å²) in [5.74, 6) is 1.89. The van der Waals surface area contributed by atoms with Crippen LogP contribution in [-0.2, 0) is 15.1 Å². The van der Waals surface area contributed by atoms with Crippen LogP contribution in [0.1, 0.15) is 41.8 Å². The Kier molecular flexibility index (Phi) is 3.44. The molecule has 136 valence electrons. The lowest BCUT2D eigenvalue weighted by atomic mass is 9.54. The smallest absolute Gasteiger partial charge is 0.446 e. The highest BCUT2D eigenvalue weighted by molar-refractivity contribution is 7.81. The van der Waals surface area contributed by atoms with Gasteiger partial charge in [-0.3, -0.25) is 4.55 Å².